The third-order valence-corrected chi connectivity index (χ3v) is 2.78. The fourth-order valence-corrected chi connectivity index (χ4v) is 2.03. The minimum atomic E-state index is 1.03. The van der Waals surface area contributed by atoms with Gasteiger partial charge in [-0.2, -0.15) is 5.10 Å². The summed E-state index contributed by atoms with van der Waals surface area (Å²) < 4.78 is 1.17. The Labute approximate surface area is 92.8 Å². The number of aromatic nitrogens is 2. The van der Waals surface area contributed by atoms with Crippen LogP contribution in [0.5, 0.6) is 0 Å². The molecule has 0 radical (unpaired) electrons. The molecule has 0 aliphatic heterocycles. The zero-order valence-electron chi connectivity index (χ0n) is 8.76. The summed E-state index contributed by atoms with van der Waals surface area (Å²) in [7, 11) is 0. The van der Waals surface area contributed by atoms with Gasteiger partial charge in [-0.25, -0.2) is 0 Å². The van der Waals surface area contributed by atoms with Crippen LogP contribution in [-0.2, 0) is 6.42 Å². The third kappa shape index (κ3) is 1.98. The molecule has 0 amide bonds. The lowest BCUT2D eigenvalue weighted by Crippen LogP contribution is -1.83. The van der Waals surface area contributed by atoms with Crippen molar-refractivity contribution in [2.45, 2.75) is 27.2 Å². The normalized spacial score (nSPS) is 9.71. The molecule has 0 bridgehead atoms. The molecule has 76 valence electrons. The van der Waals surface area contributed by atoms with Gasteiger partial charge in [0.1, 0.15) is 0 Å². The molecule has 0 unspecified atom stereocenters. The van der Waals surface area contributed by atoms with Gasteiger partial charge in [-0.1, -0.05) is 36.7 Å². The fraction of sp³-hybridized carbons (Fsp3) is 0.364. The second kappa shape index (κ2) is 5.15. The van der Waals surface area contributed by atoms with Crippen LogP contribution >= 0.6 is 15.9 Å². The number of fused-ring (bicyclic) bond motifs is 1. The average Bonchev–Trinajstić information content (AvgIpc) is 2.69. The smallest absolute Gasteiger partial charge is 0.0653 e. The lowest BCUT2D eigenvalue weighted by molar-refractivity contribution is 1.12. The first-order valence-electron chi connectivity index (χ1n) is 4.93. The highest BCUT2D eigenvalue weighted by Crippen LogP contribution is 2.25. The molecule has 1 heterocycles. The summed E-state index contributed by atoms with van der Waals surface area (Å²) in [5, 5.41) is 8.17. The Morgan fingerprint density at radius 2 is 2.07 bits per heavy atom. The highest BCUT2D eigenvalue weighted by Gasteiger charge is 2.04. The number of aromatic amines is 1. The summed E-state index contributed by atoms with van der Waals surface area (Å²) in [6, 6.07) is 4.09. The van der Waals surface area contributed by atoms with Crippen LogP contribution < -0.4 is 0 Å². The molecular weight excluding hydrogens is 240 g/mol. The molecule has 2 nitrogen and oxygen atoms in total. The van der Waals surface area contributed by atoms with Crippen LogP contribution in [0.3, 0.4) is 0 Å². The number of rotatable bonds is 1. The average molecular weight is 255 g/mol. The summed E-state index contributed by atoms with van der Waals surface area (Å²) in [5.74, 6) is 0. The zero-order valence-corrected chi connectivity index (χ0v) is 10.4. The minimum absolute atomic E-state index is 1.03. The SMILES string of the molecule is CC.CCc1c(Br)ccc2[nH]ncc12. The van der Waals surface area contributed by atoms with E-state index >= 15 is 0 Å². The van der Waals surface area contributed by atoms with Gasteiger partial charge in [0.05, 0.1) is 11.7 Å². The van der Waals surface area contributed by atoms with Crippen molar-refractivity contribution in [1.82, 2.24) is 10.2 Å². The summed E-state index contributed by atoms with van der Waals surface area (Å²) in [5.41, 5.74) is 2.43. The predicted octanol–water partition coefficient (Wildman–Crippen LogP) is 3.91. The van der Waals surface area contributed by atoms with E-state index in [9.17, 15) is 0 Å². The van der Waals surface area contributed by atoms with Crippen LogP contribution in [0, 0.1) is 0 Å². The molecule has 1 aromatic heterocycles. The number of nitrogens with zero attached hydrogens (tertiary/aromatic N) is 1. The summed E-state index contributed by atoms with van der Waals surface area (Å²) in [6.45, 7) is 6.15. The molecule has 0 fully saturated rings. The highest BCUT2D eigenvalue weighted by molar-refractivity contribution is 9.10. The Kier molecular flexibility index (Phi) is 4.14. The highest BCUT2D eigenvalue weighted by atomic mass is 79.9. The van der Waals surface area contributed by atoms with Crippen molar-refractivity contribution in [3.63, 3.8) is 0 Å². The van der Waals surface area contributed by atoms with E-state index in [-0.39, 0.29) is 0 Å². The maximum atomic E-state index is 4.01. The van der Waals surface area contributed by atoms with E-state index in [1.807, 2.05) is 26.1 Å². The monoisotopic (exact) mass is 254 g/mol. The Bertz CT molecular complexity index is 407. The van der Waals surface area contributed by atoms with Gasteiger partial charge in [-0.3, -0.25) is 5.10 Å². The molecule has 0 aliphatic rings. The lowest BCUT2D eigenvalue weighted by Gasteiger charge is -2.01. The largest absolute Gasteiger partial charge is 0.278 e. The maximum Gasteiger partial charge on any atom is 0.0653 e. The Hall–Kier alpha value is -0.830. The molecule has 0 atom stereocenters. The second-order valence-corrected chi connectivity index (χ2v) is 3.57. The van der Waals surface area contributed by atoms with Crippen LogP contribution in [0.25, 0.3) is 10.9 Å². The van der Waals surface area contributed by atoms with Crippen molar-refractivity contribution >= 4 is 26.8 Å². The van der Waals surface area contributed by atoms with E-state index in [1.165, 1.54) is 15.4 Å². The topological polar surface area (TPSA) is 28.7 Å². The number of hydrogen-bond acceptors (Lipinski definition) is 1. The first-order chi connectivity index (χ1) is 6.83. The fourth-order valence-electron chi connectivity index (χ4n) is 1.41. The molecule has 3 heteroatoms. The van der Waals surface area contributed by atoms with Crippen LogP contribution in [-0.4, -0.2) is 10.2 Å². The van der Waals surface area contributed by atoms with Gasteiger partial charge in [0.2, 0.25) is 0 Å². The Morgan fingerprint density at radius 3 is 2.71 bits per heavy atom. The van der Waals surface area contributed by atoms with Crippen molar-refractivity contribution in [3.8, 4) is 0 Å². The number of nitrogens with one attached hydrogen (secondary N) is 1. The first kappa shape index (κ1) is 11.2. The van der Waals surface area contributed by atoms with Crippen LogP contribution in [0.4, 0.5) is 0 Å². The maximum absolute atomic E-state index is 4.01. The van der Waals surface area contributed by atoms with Crippen LogP contribution in [0.2, 0.25) is 0 Å². The standard InChI is InChI=1S/C9H9BrN2.C2H6/c1-2-6-7-5-11-12-9(7)4-3-8(6)10;1-2/h3-5H,2H2,1H3,(H,11,12);1-2H3. The number of halogens is 1. The van der Waals surface area contributed by atoms with Gasteiger partial charge in [0, 0.05) is 9.86 Å². The summed E-state index contributed by atoms with van der Waals surface area (Å²) in [6.07, 6.45) is 2.90. The summed E-state index contributed by atoms with van der Waals surface area (Å²) in [4.78, 5) is 0. The van der Waals surface area contributed by atoms with Crippen molar-refractivity contribution in [3.05, 3.63) is 28.4 Å². The minimum Gasteiger partial charge on any atom is -0.278 e. The molecule has 0 saturated heterocycles. The molecule has 1 N–H and O–H groups in total. The van der Waals surface area contributed by atoms with Crippen molar-refractivity contribution in [2.24, 2.45) is 0 Å². The van der Waals surface area contributed by atoms with Gasteiger partial charge < -0.3 is 0 Å². The van der Waals surface area contributed by atoms with E-state index < -0.39 is 0 Å². The van der Waals surface area contributed by atoms with E-state index in [1.54, 1.807) is 0 Å². The molecule has 2 rings (SSSR count). The number of benzene rings is 1. The Morgan fingerprint density at radius 1 is 1.36 bits per heavy atom. The van der Waals surface area contributed by atoms with E-state index in [4.69, 9.17) is 0 Å². The summed E-state index contributed by atoms with van der Waals surface area (Å²) >= 11 is 3.52. The first-order valence-corrected chi connectivity index (χ1v) is 5.72. The van der Waals surface area contributed by atoms with Gasteiger partial charge in [0.25, 0.3) is 0 Å². The Balaban J connectivity index is 0.000000461. The lowest BCUT2D eigenvalue weighted by atomic mass is 10.1. The van der Waals surface area contributed by atoms with Crippen LogP contribution in [0.15, 0.2) is 22.8 Å². The van der Waals surface area contributed by atoms with Crippen molar-refractivity contribution in [2.75, 3.05) is 0 Å². The van der Waals surface area contributed by atoms with E-state index in [0.717, 1.165) is 11.9 Å². The number of aryl methyl sites for hydroxylation is 1. The quantitative estimate of drug-likeness (QED) is 0.822. The molecule has 2 aromatic rings. The van der Waals surface area contributed by atoms with Crippen LogP contribution in [0.1, 0.15) is 26.3 Å². The molecule has 1 aromatic carbocycles. The zero-order chi connectivity index (χ0) is 10.6. The molecule has 0 saturated carbocycles. The van der Waals surface area contributed by atoms with Gasteiger partial charge in [-0.15, -0.1) is 0 Å². The van der Waals surface area contributed by atoms with Gasteiger partial charge >= 0.3 is 0 Å². The van der Waals surface area contributed by atoms with Gasteiger partial charge in [0.15, 0.2) is 0 Å². The molecular formula is C11H15BrN2. The molecule has 0 aliphatic carbocycles. The van der Waals surface area contributed by atoms with E-state index in [0.29, 0.717) is 0 Å². The third-order valence-electron chi connectivity index (χ3n) is 2.03. The van der Waals surface area contributed by atoms with Crippen molar-refractivity contribution < 1.29 is 0 Å². The second-order valence-electron chi connectivity index (χ2n) is 2.71. The van der Waals surface area contributed by atoms with Gasteiger partial charge in [-0.05, 0) is 24.1 Å². The molecule has 14 heavy (non-hydrogen) atoms. The number of hydrogen-bond donors (Lipinski definition) is 1. The number of H-pyrrole nitrogens is 1. The van der Waals surface area contributed by atoms with E-state index in [2.05, 4.69) is 39.1 Å². The predicted molar refractivity (Wildman–Crippen MR) is 64.5 cm³/mol. The molecule has 0 spiro atoms. The van der Waals surface area contributed by atoms with Crippen molar-refractivity contribution in [1.29, 1.82) is 0 Å².